The van der Waals surface area contributed by atoms with E-state index in [2.05, 4.69) is 5.32 Å². The smallest absolute Gasteiger partial charge is 0.314 e. The second-order valence-electron chi connectivity index (χ2n) is 4.98. The minimum Gasteiger partial charge on any atom is -0.314 e. The fourth-order valence-electron chi connectivity index (χ4n) is 2.57. The van der Waals surface area contributed by atoms with Crippen LogP contribution in [0.2, 0.25) is 0 Å². The van der Waals surface area contributed by atoms with Crippen LogP contribution in [0.4, 0.5) is 17.6 Å². The number of halogens is 4. The molecular formula is C14H18F4N2. The Bertz CT molecular complexity index is 427. The largest absolute Gasteiger partial charge is 0.389 e. The number of nitrogens with zero attached hydrogens (tertiary/aromatic N) is 1. The molecule has 6 heteroatoms. The molecule has 2 nitrogen and oxygen atoms in total. The van der Waals surface area contributed by atoms with Crippen molar-refractivity contribution in [2.45, 2.75) is 25.1 Å². The molecule has 1 aliphatic heterocycles. The third kappa shape index (κ3) is 4.18. The monoisotopic (exact) mass is 290 g/mol. The van der Waals surface area contributed by atoms with E-state index in [1.54, 1.807) is 18.2 Å². The Morgan fingerprint density at radius 3 is 2.40 bits per heavy atom. The Hall–Kier alpha value is -1.14. The van der Waals surface area contributed by atoms with Crippen LogP contribution < -0.4 is 5.32 Å². The molecule has 0 bridgehead atoms. The number of hydrogen-bond donors (Lipinski definition) is 1. The lowest BCUT2D eigenvalue weighted by Crippen LogP contribution is -2.45. The van der Waals surface area contributed by atoms with Crippen LogP contribution >= 0.6 is 0 Å². The van der Waals surface area contributed by atoms with Gasteiger partial charge in [0.15, 0.2) is 0 Å². The highest BCUT2D eigenvalue weighted by Crippen LogP contribution is 2.32. The van der Waals surface area contributed by atoms with Crippen LogP contribution in [0.25, 0.3) is 0 Å². The van der Waals surface area contributed by atoms with E-state index in [0.717, 1.165) is 13.1 Å². The molecule has 0 unspecified atom stereocenters. The average molecular weight is 290 g/mol. The lowest BCUT2D eigenvalue weighted by Gasteiger charge is -2.35. The first-order chi connectivity index (χ1) is 9.47. The maximum Gasteiger partial charge on any atom is 0.389 e. The number of alkyl halides is 3. The summed E-state index contributed by atoms with van der Waals surface area (Å²) < 4.78 is 51.3. The Morgan fingerprint density at radius 1 is 1.15 bits per heavy atom. The molecule has 1 saturated heterocycles. The van der Waals surface area contributed by atoms with Crippen LogP contribution in [0.3, 0.4) is 0 Å². The summed E-state index contributed by atoms with van der Waals surface area (Å²) in [5.41, 5.74) is 0.360. The second-order valence-corrected chi connectivity index (χ2v) is 4.98. The van der Waals surface area contributed by atoms with Crippen LogP contribution in [0.1, 0.15) is 24.4 Å². The van der Waals surface area contributed by atoms with Crippen LogP contribution in [0, 0.1) is 5.82 Å². The highest BCUT2D eigenvalue weighted by molar-refractivity contribution is 5.21. The molecule has 1 aliphatic rings. The maximum atomic E-state index is 13.9. The first-order valence-corrected chi connectivity index (χ1v) is 6.73. The fraction of sp³-hybridized carbons (Fsp3) is 0.571. The molecule has 1 heterocycles. The number of benzene rings is 1. The van der Waals surface area contributed by atoms with E-state index in [0.29, 0.717) is 18.7 Å². The van der Waals surface area contributed by atoms with Gasteiger partial charge in [-0.2, -0.15) is 13.2 Å². The topological polar surface area (TPSA) is 15.3 Å². The van der Waals surface area contributed by atoms with E-state index in [1.807, 2.05) is 4.90 Å². The molecular weight excluding hydrogens is 272 g/mol. The van der Waals surface area contributed by atoms with Crippen LogP contribution in [-0.2, 0) is 0 Å². The van der Waals surface area contributed by atoms with Gasteiger partial charge in [-0.25, -0.2) is 4.39 Å². The molecule has 20 heavy (non-hydrogen) atoms. The van der Waals surface area contributed by atoms with E-state index in [9.17, 15) is 17.6 Å². The van der Waals surface area contributed by atoms with Gasteiger partial charge in [-0.3, -0.25) is 4.90 Å². The molecule has 1 aromatic rings. The molecule has 1 atom stereocenters. The van der Waals surface area contributed by atoms with Crippen LogP contribution in [-0.4, -0.2) is 37.3 Å². The van der Waals surface area contributed by atoms with Crippen molar-refractivity contribution in [3.8, 4) is 0 Å². The predicted octanol–water partition coefficient (Wildman–Crippen LogP) is 3.11. The Balaban J connectivity index is 2.17. The SMILES string of the molecule is Fc1ccccc1[C@H](CCC(F)(F)F)N1CCNCC1. The highest BCUT2D eigenvalue weighted by Gasteiger charge is 2.32. The highest BCUT2D eigenvalue weighted by atomic mass is 19.4. The van der Waals surface area contributed by atoms with E-state index in [1.165, 1.54) is 6.07 Å². The van der Waals surface area contributed by atoms with Crippen molar-refractivity contribution in [1.82, 2.24) is 10.2 Å². The first kappa shape index (κ1) is 15.3. The molecule has 0 spiro atoms. The Morgan fingerprint density at radius 2 is 1.80 bits per heavy atom. The lowest BCUT2D eigenvalue weighted by atomic mass is 9.99. The quantitative estimate of drug-likeness (QED) is 0.857. The van der Waals surface area contributed by atoms with Gasteiger partial charge in [-0.05, 0) is 12.5 Å². The number of piperazine rings is 1. The van der Waals surface area contributed by atoms with Gasteiger partial charge in [0.25, 0.3) is 0 Å². The molecule has 0 radical (unpaired) electrons. The summed E-state index contributed by atoms with van der Waals surface area (Å²) in [6.07, 6.45) is -5.21. The Kier molecular flexibility index (Phi) is 4.99. The number of rotatable bonds is 4. The third-order valence-corrected chi connectivity index (χ3v) is 3.56. The standard InChI is InChI=1S/C14H18F4N2/c15-12-4-2-1-3-11(12)13(5-6-14(16,17)18)20-9-7-19-8-10-20/h1-4,13,19H,5-10H2/t13-/m0/s1. The first-order valence-electron chi connectivity index (χ1n) is 6.73. The molecule has 1 aromatic carbocycles. The van der Waals surface area contributed by atoms with E-state index in [-0.39, 0.29) is 6.42 Å². The summed E-state index contributed by atoms with van der Waals surface area (Å²) in [5, 5.41) is 3.15. The summed E-state index contributed by atoms with van der Waals surface area (Å²) in [4.78, 5) is 1.93. The number of nitrogens with one attached hydrogen (secondary N) is 1. The average Bonchev–Trinajstić information content (AvgIpc) is 2.41. The van der Waals surface area contributed by atoms with Crippen molar-refractivity contribution in [3.63, 3.8) is 0 Å². The van der Waals surface area contributed by atoms with Crippen LogP contribution in [0.15, 0.2) is 24.3 Å². The summed E-state index contributed by atoms with van der Waals surface area (Å²) in [5.74, 6) is -0.432. The molecule has 1 N–H and O–H groups in total. The molecule has 0 aliphatic carbocycles. The summed E-state index contributed by atoms with van der Waals surface area (Å²) >= 11 is 0. The van der Waals surface area contributed by atoms with Gasteiger partial charge >= 0.3 is 6.18 Å². The van der Waals surface area contributed by atoms with Gasteiger partial charge in [0.05, 0.1) is 0 Å². The van der Waals surface area contributed by atoms with Gasteiger partial charge in [-0.15, -0.1) is 0 Å². The summed E-state index contributed by atoms with van der Waals surface area (Å²) in [6, 6.07) is 5.59. The van der Waals surface area contributed by atoms with Gasteiger partial charge < -0.3 is 5.32 Å². The van der Waals surface area contributed by atoms with Crippen molar-refractivity contribution in [2.24, 2.45) is 0 Å². The van der Waals surface area contributed by atoms with Gasteiger partial charge in [0, 0.05) is 44.2 Å². The predicted molar refractivity (Wildman–Crippen MR) is 68.9 cm³/mol. The van der Waals surface area contributed by atoms with E-state index < -0.39 is 24.5 Å². The van der Waals surface area contributed by atoms with Crippen molar-refractivity contribution in [1.29, 1.82) is 0 Å². The van der Waals surface area contributed by atoms with Gasteiger partial charge in [-0.1, -0.05) is 18.2 Å². The third-order valence-electron chi connectivity index (χ3n) is 3.56. The molecule has 2 rings (SSSR count). The minimum absolute atomic E-state index is 0.107. The lowest BCUT2D eigenvalue weighted by molar-refractivity contribution is -0.138. The zero-order valence-corrected chi connectivity index (χ0v) is 11.1. The van der Waals surface area contributed by atoms with Gasteiger partial charge in [0.1, 0.15) is 5.82 Å². The zero-order valence-electron chi connectivity index (χ0n) is 11.1. The minimum atomic E-state index is -4.21. The van der Waals surface area contributed by atoms with E-state index in [4.69, 9.17) is 0 Å². The molecule has 0 saturated carbocycles. The molecule has 1 fully saturated rings. The van der Waals surface area contributed by atoms with Crippen molar-refractivity contribution < 1.29 is 17.6 Å². The number of hydrogen-bond acceptors (Lipinski definition) is 2. The fourth-order valence-corrected chi connectivity index (χ4v) is 2.57. The van der Waals surface area contributed by atoms with Crippen LogP contribution in [0.5, 0.6) is 0 Å². The molecule has 0 amide bonds. The zero-order chi connectivity index (χ0) is 14.6. The van der Waals surface area contributed by atoms with Crippen molar-refractivity contribution in [3.05, 3.63) is 35.6 Å². The Labute approximate surface area is 115 Å². The summed E-state index contributed by atoms with van der Waals surface area (Å²) in [7, 11) is 0. The summed E-state index contributed by atoms with van der Waals surface area (Å²) in [6.45, 7) is 2.71. The van der Waals surface area contributed by atoms with Crippen molar-refractivity contribution >= 4 is 0 Å². The van der Waals surface area contributed by atoms with E-state index >= 15 is 0 Å². The van der Waals surface area contributed by atoms with Gasteiger partial charge in [0.2, 0.25) is 0 Å². The normalized spacial score (nSPS) is 19.0. The second kappa shape index (κ2) is 6.54. The van der Waals surface area contributed by atoms with Crippen molar-refractivity contribution in [2.75, 3.05) is 26.2 Å². The maximum absolute atomic E-state index is 13.9. The molecule has 0 aromatic heterocycles. The molecule has 112 valence electrons.